The number of carbonyl (C=O) groups is 2. The van der Waals surface area contributed by atoms with E-state index in [1.165, 1.54) is 11.3 Å². The molecule has 5 nitrogen and oxygen atoms in total. The van der Waals surface area contributed by atoms with Gasteiger partial charge >= 0.3 is 0 Å². The van der Waals surface area contributed by atoms with Crippen molar-refractivity contribution in [2.24, 2.45) is 5.41 Å². The molecule has 0 fully saturated rings. The van der Waals surface area contributed by atoms with E-state index in [9.17, 15) is 9.59 Å². The third kappa shape index (κ3) is 4.64. The minimum absolute atomic E-state index is 0.0698. The van der Waals surface area contributed by atoms with Crippen LogP contribution >= 0.6 is 11.3 Å². The number of hydrogen-bond acceptors (Lipinski definition) is 4. The van der Waals surface area contributed by atoms with Crippen molar-refractivity contribution in [3.63, 3.8) is 0 Å². The van der Waals surface area contributed by atoms with Crippen LogP contribution in [0, 0.1) is 19.3 Å². The maximum atomic E-state index is 12.4. The predicted octanol–water partition coefficient (Wildman–Crippen LogP) is 3.67. The number of aromatic nitrogens is 1. The number of anilines is 1. The quantitative estimate of drug-likeness (QED) is 0.888. The standard InChI is InChI=1S/C18H23N3O2S/c1-11-9-14(21-17(23)18(3,4)5)24-15(11)16(22)19-10-13-8-6-7-12(2)20-13/h6-9H,10H2,1-5H3,(H,19,22)(H,21,23). The van der Waals surface area contributed by atoms with Gasteiger partial charge in [0.05, 0.1) is 22.1 Å². The Hall–Kier alpha value is -2.21. The SMILES string of the molecule is Cc1cccc(CNC(=O)c2sc(NC(=O)C(C)(C)C)cc2C)n1. The Bertz CT molecular complexity index is 760. The zero-order chi connectivity index (χ0) is 17.9. The number of carbonyl (C=O) groups excluding carboxylic acids is 2. The van der Waals surface area contributed by atoms with Gasteiger partial charge in [-0.15, -0.1) is 11.3 Å². The van der Waals surface area contributed by atoms with E-state index in [-0.39, 0.29) is 11.8 Å². The molecule has 0 radical (unpaired) electrons. The molecule has 0 saturated heterocycles. The van der Waals surface area contributed by atoms with Crippen molar-refractivity contribution in [3.05, 3.63) is 46.1 Å². The number of hydrogen-bond donors (Lipinski definition) is 2. The second kappa shape index (κ2) is 7.13. The summed E-state index contributed by atoms with van der Waals surface area (Å²) in [5, 5.41) is 6.43. The van der Waals surface area contributed by atoms with Crippen LogP contribution in [0.3, 0.4) is 0 Å². The van der Waals surface area contributed by atoms with E-state index in [0.717, 1.165) is 17.0 Å². The fourth-order valence-corrected chi connectivity index (χ4v) is 3.00. The highest BCUT2D eigenvalue weighted by Crippen LogP contribution is 2.28. The first kappa shape index (κ1) is 18.1. The Balaban J connectivity index is 2.03. The molecule has 2 rings (SSSR count). The van der Waals surface area contributed by atoms with Crippen LogP contribution in [-0.2, 0) is 11.3 Å². The molecule has 2 aromatic heterocycles. The van der Waals surface area contributed by atoms with Gasteiger partial charge in [-0.05, 0) is 37.6 Å². The number of thiophene rings is 1. The molecule has 0 unspecified atom stereocenters. The van der Waals surface area contributed by atoms with Crippen molar-refractivity contribution >= 4 is 28.2 Å². The van der Waals surface area contributed by atoms with E-state index in [1.54, 1.807) is 0 Å². The summed E-state index contributed by atoms with van der Waals surface area (Å²) in [7, 11) is 0. The summed E-state index contributed by atoms with van der Waals surface area (Å²) in [6.07, 6.45) is 0. The minimum Gasteiger partial charge on any atom is -0.346 e. The molecule has 0 bridgehead atoms. The largest absolute Gasteiger partial charge is 0.346 e. The van der Waals surface area contributed by atoms with E-state index in [0.29, 0.717) is 16.4 Å². The average Bonchev–Trinajstić information content (AvgIpc) is 2.84. The van der Waals surface area contributed by atoms with Crippen LogP contribution in [-0.4, -0.2) is 16.8 Å². The molecular weight excluding hydrogens is 322 g/mol. The molecule has 0 aliphatic rings. The van der Waals surface area contributed by atoms with Gasteiger partial charge in [0, 0.05) is 11.1 Å². The fraction of sp³-hybridized carbons (Fsp3) is 0.389. The molecule has 0 aliphatic heterocycles. The Morgan fingerprint density at radius 2 is 1.92 bits per heavy atom. The maximum Gasteiger partial charge on any atom is 0.262 e. The number of pyridine rings is 1. The van der Waals surface area contributed by atoms with Crippen molar-refractivity contribution in [1.82, 2.24) is 10.3 Å². The van der Waals surface area contributed by atoms with E-state index < -0.39 is 5.41 Å². The van der Waals surface area contributed by atoms with Gasteiger partial charge in [0.1, 0.15) is 0 Å². The molecule has 2 aromatic rings. The van der Waals surface area contributed by atoms with Gasteiger partial charge in [-0.3, -0.25) is 14.6 Å². The molecule has 2 N–H and O–H groups in total. The number of amides is 2. The number of rotatable bonds is 4. The third-order valence-electron chi connectivity index (χ3n) is 3.42. The summed E-state index contributed by atoms with van der Waals surface area (Å²) in [5.41, 5.74) is 2.11. The van der Waals surface area contributed by atoms with Crippen molar-refractivity contribution in [2.45, 2.75) is 41.2 Å². The highest BCUT2D eigenvalue weighted by atomic mass is 32.1. The van der Waals surface area contributed by atoms with E-state index >= 15 is 0 Å². The summed E-state index contributed by atoms with van der Waals surface area (Å²) in [6.45, 7) is 9.71. The molecular formula is C18H23N3O2S. The lowest BCUT2D eigenvalue weighted by molar-refractivity contribution is -0.123. The highest BCUT2D eigenvalue weighted by molar-refractivity contribution is 7.18. The van der Waals surface area contributed by atoms with E-state index in [2.05, 4.69) is 15.6 Å². The Labute approximate surface area is 146 Å². The Morgan fingerprint density at radius 3 is 2.54 bits per heavy atom. The molecule has 2 amide bonds. The van der Waals surface area contributed by atoms with Crippen molar-refractivity contribution in [1.29, 1.82) is 0 Å². The predicted molar refractivity (Wildman–Crippen MR) is 97.3 cm³/mol. The van der Waals surface area contributed by atoms with Crippen molar-refractivity contribution < 1.29 is 9.59 Å². The van der Waals surface area contributed by atoms with Crippen LogP contribution in [0.15, 0.2) is 24.3 Å². The molecule has 0 atom stereocenters. The molecule has 128 valence electrons. The first-order valence-electron chi connectivity index (χ1n) is 7.79. The summed E-state index contributed by atoms with van der Waals surface area (Å²) in [6, 6.07) is 7.54. The Kier molecular flexibility index (Phi) is 5.39. The van der Waals surface area contributed by atoms with Gasteiger partial charge in [-0.1, -0.05) is 26.8 Å². The first-order chi connectivity index (χ1) is 11.2. The van der Waals surface area contributed by atoms with Crippen LogP contribution in [0.2, 0.25) is 0 Å². The lowest BCUT2D eigenvalue weighted by Gasteiger charge is -2.16. The van der Waals surface area contributed by atoms with Crippen LogP contribution in [0.4, 0.5) is 5.00 Å². The Morgan fingerprint density at radius 1 is 1.21 bits per heavy atom. The van der Waals surface area contributed by atoms with Crippen LogP contribution in [0.25, 0.3) is 0 Å². The van der Waals surface area contributed by atoms with Crippen LogP contribution in [0.1, 0.15) is 47.4 Å². The smallest absolute Gasteiger partial charge is 0.262 e. The summed E-state index contributed by atoms with van der Waals surface area (Å²) in [5.74, 6) is -0.225. The van der Waals surface area contributed by atoms with Crippen molar-refractivity contribution in [2.75, 3.05) is 5.32 Å². The molecule has 0 aliphatic carbocycles. The van der Waals surface area contributed by atoms with Gasteiger partial charge in [0.25, 0.3) is 5.91 Å². The monoisotopic (exact) mass is 345 g/mol. The molecule has 6 heteroatoms. The second-order valence-corrected chi connectivity index (χ2v) is 7.83. The third-order valence-corrected chi connectivity index (χ3v) is 4.57. The van der Waals surface area contributed by atoms with Gasteiger partial charge in [-0.2, -0.15) is 0 Å². The van der Waals surface area contributed by atoms with E-state index in [1.807, 2.05) is 58.9 Å². The average molecular weight is 345 g/mol. The van der Waals surface area contributed by atoms with Gasteiger partial charge in [-0.25, -0.2) is 0 Å². The minimum atomic E-state index is -0.475. The maximum absolute atomic E-state index is 12.4. The van der Waals surface area contributed by atoms with Crippen LogP contribution < -0.4 is 10.6 Å². The fourth-order valence-electron chi connectivity index (χ4n) is 2.02. The zero-order valence-electron chi connectivity index (χ0n) is 14.7. The lowest BCUT2D eigenvalue weighted by atomic mass is 9.96. The normalized spacial score (nSPS) is 11.2. The van der Waals surface area contributed by atoms with Gasteiger partial charge in [0.15, 0.2) is 0 Å². The van der Waals surface area contributed by atoms with E-state index in [4.69, 9.17) is 0 Å². The van der Waals surface area contributed by atoms with Crippen LogP contribution in [0.5, 0.6) is 0 Å². The summed E-state index contributed by atoms with van der Waals surface area (Å²) in [4.78, 5) is 29.4. The molecule has 24 heavy (non-hydrogen) atoms. The lowest BCUT2D eigenvalue weighted by Crippen LogP contribution is -2.27. The number of nitrogens with one attached hydrogen (secondary N) is 2. The van der Waals surface area contributed by atoms with Gasteiger partial charge in [0.2, 0.25) is 5.91 Å². The second-order valence-electron chi connectivity index (χ2n) is 6.78. The summed E-state index contributed by atoms with van der Waals surface area (Å²) >= 11 is 1.29. The number of aryl methyl sites for hydroxylation is 2. The zero-order valence-corrected chi connectivity index (χ0v) is 15.5. The molecule has 0 spiro atoms. The number of nitrogens with zero attached hydrogens (tertiary/aromatic N) is 1. The molecule has 2 heterocycles. The first-order valence-corrected chi connectivity index (χ1v) is 8.61. The summed E-state index contributed by atoms with van der Waals surface area (Å²) < 4.78 is 0. The molecule has 0 aromatic carbocycles. The highest BCUT2D eigenvalue weighted by Gasteiger charge is 2.23. The van der Waals surface area contributed by atoms with Gasteiger partial charge < -0.3 is 10.6 Å². The molecule has 0 saturated carbocycles. The van der Waals surface area contributed by atoms with Crippen molar-refractivity contribution in [3.8, 4) is 0 Å². The topological polar surface area (TPSA) is 71.1 Å².